The molecule has 4 aromatic rings. The number of benzene rings is 4. The largest absolute Gasteiger partial charge is 0.314 e. The second-order valence-electron chi connectivity index (χ2n) is 10.6. The second kappa shape index (κ2) is 10.1. The van der Waals surface area contributed by atoms with Crippen molar-refractivity contribution in [3.8, 4) is 0 Å². The molecule has 41 heavy (non-hydrogen) atoms. The van der Waals surface area contributed by atoms with Crippen molar-refractivity contribution in [3.05, 3.63) is 93.0 Å². The number of imide groups is 2. The molecule has 0 bridgehead atoms. The number of carbonyl (C=O) groups is 4. The van der Waals surface area contributed by atoms with Gasteiger partial charge in [-0.1, -0.05) is 35.9 Å². The van der Waals surface area contributed by atoms with E-state index in [1.807, 2.05) is 30.3 Å². The van der Waals surface area contributed by atoms with Crippen molar-refractivity contribution < 1.29 is 19.2 Å². The summed E-state index contributed by atoms with van der Waals surface area (Å²) in [6, 6.07) is 16.4. The number of carbonyl (C=O) groups excluding carboxylic acids is 4. The molecule has 2 aliphatic heterocycles. The first-order chi connectivity index (χ1) is 20.0. The van der Waals surface area contributed by atoms with Gasteiger partial charge in [0.05, 0.1) is 0 Å². The monoisotopic (exact) mass is 566 g/mol. The smallest absolute Gasteiger partial charge is 0.261 e. The number of hydrogen-bond acceptors (Lipinski definition) is 6. The molecule has 0 aromatic heterocycles. The molecule has 2 heterocycles. The van der Waals surface area contributed by atoms with Crippen LogP contribution in [0.2, 0.25) is 5.02 Å². The van der Waals surface area contributed by atoms with Crippen LogP contribution in [-0.4, -0.2) is 72.7 Å². The Kier molecular flexibility index (Phi) is 6.34. The summed E-state index contributed by atoms with van der Waals surface area (Å²) >= 11 is 6.29. The maximum atomic E-state index is 13.2. The fourth-order valence-electron chi connectivity index (χ4n) is 6.39. The molecule has 2 N–H and O–H groups in total. The zero-order chi connectivity index (χ0) is 28.2. The molecule has 0 unspecified atom stereocenters. The van der Waals surface area contributed by atoms with E-state index in [2.05, 4.69) is 10.6 Å². The van der Waals surface area contributed by atoms with Gasteiger partial charge in [0.25, 0.3) is 23.6 Å². The van der Waals surface area contributed by atoms with Crippen LogP contribution >= 0.6 is 11.6 Å². The quantitative estimate of drug-likeness (QED) is 0.236. The SMILES string of the molecule is O=C1c2cccc3c(Cl)ccc(c23)C(=O)N1CCNCCNCCN1C(=O)c2ccc3c4c(ccc(c24)C1=O)CC3. The lowest BCUT2D eigenvalue weighted by Crippen LogP contribution is -2.45. The van der Waals surface area contributed by atoms with E-state index in [9.17, 15) is 19.2 Å². The van der Waals surface area contributed by atoms with Crippen molar-refractivity contribution >= 4 is 56.8 Å². The maximum absolute atomic E-state index is 13.2. The van der Waals surface area contributed by atoms with Crippen molar-refractivity contribution in [2.75, 3.05) is 39.3 Å². The number of aryl methyl sites for hydroxylation is 2. The third kappa shape index (κ3) is 4.05. The first-order valence-corrected chi connectivity index (χ1v) is 14.3. The van der Waals surface area contributed by atoms with Gasteiger partial charge in [0.1, 0.15) is 0 Å². The molecule has 0 atom stereocenters. The van der Waals surface area contributed by atoms with Crippen molar-refractivity contribution in [2.45, 2.75) is 12.8 Å². The Balaban J connectivity index is 0.903. The van der Waals surface area contributed by atoms with Crippen LogP contribution < -0.4 is 10.6 Å². The van der Waals surface area contributed by atoms with Crippen molar-refractivity contribution in [2.24, 2.45) is 0 Å². The Bertz CT molecular complexity index is 1740. The molecule has 3 aliphatic rings. The minimum Gasteiger partial charge on any atom is -0.314 e. The molecule has 0 saturated heterocycles. The van der Waals surface area contributed by atoms with Crippen LogP contribution in [0, 0.1) is 0 Å². The van der Waals surface area contributed by atoms with E-state index < -0.39 is 0 Å². The van der Waals surface area contributed by atoms with E-state index in [0.29, 0.717) is 64.2 Å². The number of amides is 4. The van der Waals surface area contributed by atoms with Gasteiger partial charge in [-0.15, -0.1) is 0 Å². The molecule has 4 aromatic carbocycles. The highest BCUT2D eigenvalue weighted by Crippen LogP contribution is 2.38. The average molecular weight is 567 g/mol. The second-order valence-corrected chi connectivity index (χ2v) is 11.0. The van der Waals surface area contributed by atoms with Gasteiger partial charge in [0.2, 0.25) is 0 Å². The van der Waals surface area contributed by atoms with Crippen molar-refractivity contribution in [1.29, 1.82) is 0 Å². The van der Waals surface area contributed by atoms with Crippen molar-refractivity contribution in [1.82, 2.24) is 20.4 Å². The molecule has 0 saturated carbocycles. The standard InChI is InChI=1S/C32H27ClN4O4/c33-25-11-10-22-27-20(25)2-1-3-21(27)29(38)36(30(22)39)16-14-34-12-13-35-15-17-37-31(40)23-8-6-18-4-5-19-7-9-24(32(37)41)28(23)26(18)19/h1-3,6-11,34-35H,4-5,12-17H2. The number of nitrogens with zero attached hydrogens (tertiary/aromatic N) is 2. The van der Waals surface area contributed by atoms with E-state index >= 15 is 0 Å². The van der Waals surface area contributed by atoms with Crippen LogP contribution in [0.3, 0.4) is 0 Å². The van der Waals surface area contributed by atoms with Crippen LogP contribution in [-0.2, 0) is 12.8 Å². The molecule has 9 heteroatoms. The van der Waals surface area contributed by atoms with Gasteiger partial charge >= 0.3 is 0 Å². The number of halogens is 1. The van der Waals surface area contributed by atoms with Crippen LogP contribution in [0.15, 0.2) is 54.6 Å². The summed E-state index contributed by atoms with van der Waals surface area (Å²) in [6.45, 7) is 2.59. The van der Waals surface area contributed by atoms with E-state index in [4.69, 9.17) is 11.6 Å². The molecular weight excluding hydrogens is 540 g/mol. The number of nitrogens with one attached hydrogen (secondary N) is 2. The van der Waals surface area contributed by atoms with Gasteiger partial charge in [-0.2, -0.15) is 0 Å². The van der Waals surface area contributed by atoms with E-state index in [1.54, 1.807) is 24.3 Å². The lowest BCUT2D eigenvalue weighted by atomic mass is 9.91. The molecule has 206 valence electrons. The molecule has 0 radical (unpaired) electrons. The zero-order valence-electron chi connectivity index (χ0n) is 22.3. The summed E-state index contributed by atoms with van der Waals surface area (Å²) in [4.78, 5) is 55.2. The molecule has 1 aliphatic carbocycles. The number of hydrogen-bond donors (Lipinski definition) is 2. The lowest BCUT2D eigenvalue weighted by molar-refractivity contribution is 0.0595. The summed E-state index contributed by atoms with van der Waals surface area (Å²) in [5.41, 5.74) is 4.60. The van der Waals surface area contributed by atoms with E-state index in [0.717, 1.165) is 23.6 Å². The Morgan fingerprint density at radius 1 is 0.561 bits per heavy atom. The normalized spacial score (nSPS) is 15.6. The topological polar surface area (TPSA) is 98.8 Å². The number of rotatable bonds is 9. The fourth-order valence-corrected chi connectivity index (χ4v) is 6.61. The molecule has 8 nitrogen and oxygen atoms in total. The summed E-state index contributed by atoms with van der Waals surface area (Å²) in [5, 5.41) is 10.3. The highest BCUT2D eigenvalue weighted by molar-refractivity contribution is 6.38. The molecule has 4 amide bonds. The first kappa shape index (κ1) is 25.8. The molecular formula is C32H27ClN4O4. The molecule has 0 spiro atoms. The summed E-state index contributed by atoms with van der Waals surface area (Å²) in [6.07, 6.45) is 1.90. The summed E-state index contributed by atoms with van der Waals surface area (Å²) in [5.74, 6) is -1.13. The van der Waals surface area contributed by atoms with Crippen LogP contribution in [0.5, 0.6) is 0 Å². The Hall–Kier alpha value is -4.11. The van der Waals surface area contributed by atoms with Gasteiger partial charge < -0.3 is 10.6 Å². The first-order valence-electron chi connectivity index (χ1n) is 13.9. The summed E-state index contributed by atoms with van der Waals surface area (Å²) in [7, 11) is 0. The molecule has 0 fully saturated rings. The highest BCUT2D eigenvalue weighted by atomic mass is 35.5. The Morgan fingerprint density at radius 3 is 1.61 bits per heavy atom. The predicted octanol–water partition coefficient (Wildman–Crippen LogP) is 3.82. The van der Waals surface area contributed by atoms with Gasteiger partial charge in [-0.3, -0.25) is 29.0 Å². The minimum atomic E-state index is -0.322. The van der Waals surface area contributed by atoms with E-state index in [1.165, 1.54) is 20.9 Å². The lowest BCUT2D eigenvalue weighted by Gasteiger charge is -2.28. The third-order valence-corrected chi connectivity index (χ3v) is 8.72. The maximum Gasteiger partial charge on any atom is 0.261 e. The average Bonchev–Trinajstić information content (AvgIpc) is 3.41. The van der Waals surface area contributed by atoms with Crippen LogP contribution in [0.25, 0.3) is 21.5 Å². The molecule has 7 rings (SSSR count). The van der Waals surface area contributed by atoms with Gasteiger partial charge in [-0.25, -0.2) is 0 Å². The fraction of sp³-hybridized carbons (Fsp3) is 0.250. The van der Waals surface area contributed by atoms with Gasteiger partial charge in [0.15, 0.2) is 0 Å². The predicted molar refractivity (Wildman–Crippen MR) is 157 cm³/mol. The summed E-state index contributed by atoms with van der Waals surface area (Å²) < 4.78 is 0. The van der Waals surface area contributed by atoms with Crippen molar-refractivity contribution in [3.63, 3.8) is 0 Å². The Morgan fingerprint density at radius 2 is 1.05 bits per heavy atom. The Labute approximate surface area is 241 Å². The van der Waals surface area contributed by atoms with E-state index in [-0.39, 0.29) is 36.7 Å². The van der Waals surface area contributed by atoms with Crippen LogP contribution in [0.4, 0.5) is 0 Å². The third-order valence-electron chi connectivity index (χ3n) is 8.39. The zero-order valence-corrected chi connectivity index (χ0v) is 23.0. The minimum absolute atomic E-state index is 0.237. The van der Waals surface area contributed by atoms with Gasteiger partial charge in [0, 0.05) is 82.7 Å². The van der Waals surface area contributed by atoms with Gasteiger partial charge in [-0.05, 0) is 59.7 Å². The van der Waals surface area contributed by atoms with Crippen LogP contribution in [0.1, 0.15) is 52.6 Å². The highest BCUT2D eigenvalue weighted by Gasteiger charge is 2.35.